The first kappa shape index (κ1) is 8.08. The van der Waals surface area contributed by atoms with Crippen LogP contribution in [0.25, 0.3) is 0 Å². The van der Waals surface area contributed by atoms with Crippen LogP contribution in [0.5, 0.6) is 5.75 Å². The normalized spacial score (nSPS) is 10.1. The van der Waals surface area contributed by atoms with Crippen molar-refractivity contribution in [2.75, 3.05) is 0 Å². The highest BCUT2D eigenvalue weighted by Gasteiger charge is 2.01. The fraction of sp³-hybridized carbons (Fsp3) is 0.333. The molecule has 0 aliphatic carbocycles. The Labute approximate surface area is 66.1 Å². The molecule has 0 saturated heterocycles. The molecule has 0 heterocycles. The van der Waals surface area contributed by atoms with Gasteiger partial charge in [-0.2, -0.15) is 0 Å². The van der Waals surface area contributed by atoms with Gasteiger partial charge in [-0.3, -0.25) is 0 Å². The molecule has 11 heavy (non-hydrogen) atoms. The summed E-state index contributed by atoms with van der Waals surface area (Å²) in [5.74, 6) is 0.261. The van der Waals surface area contributed by atoms with E-state index >= 15 is 0 Å². The molecular formula is C9H12O2. The van der Waals surface area contributed by atoms with Gasteiger partial charge >= 0.3 is 0 Å². The van der Waals surface area contributed by atoms with Crippen LogP contribution in [-0.2, 0) is 6.61 Å². The standard InChI is InChI=1S/C9H12O2/c1-6-3-8(11)4-7(2)9(6)5-10/h3-4,10-11H,5H2,1-2H3. The lowest BCUT2D eigenvalue weighted by atomic mass is 10.0. The molecule has 0 radical (unpaired) electrons. The number of rotatable bonds is 1. The first-order valence-electron chi connectivity index (χ1n) is 3.55. The zero-order chi connectivity index (χ0) is 8.43. The van der Waals surface area contributed by atoms with Crippen molar-refractivity contribution in [2.24, 2.45) is 0 Å². The molecule has 0 atom stereocenters. The number of benzene rings is 1. The van der Waals surface area contributed by atoms with E-state index in [1.165, 1.54) is 0 Å². The Bertz CT molecular complexity index is 243. The summed E-state index contributed by atoms with van der Waals surface area (Å²) in [4.78, 5) is 0. The monoisotopic (exact) mass is 152 g/mol. The summed E-state index contributed by atoms with van der Waals surface area (Å²) in [6.45, 7) is 3.79. The predicted octanol–water partition coefficient (Wildman–Crippen LogP) is 1.50. The lowest BCUT2D eigenvalue weighted by Crippen LogP contribution is -1.92. The van der Waals surface area contributed by atoms with Crippen LogP contribution < -0.4 is 0 Å². The van der Waals surface area contributed by atoms with Gasteiger partial charge in [0.1, 0.15) is 5.75 Å². The van der Waals surface area contributed by atoms with Crippen LogP contribution in [0.1, 0.15) is 16.7 Å². The second-order valence-corrected chi connectivity index (χ2v) is 2.72. The van der Waals surface area contributed by atoms with Crippen LogP contribution in [0.15, 0.2) is 12.1 Å². The second-order valence-electron chi connectivity index (χ2n) is 2.72. The van der Waals surface area contributed by atoms with Crippen LogP contribution in [0, 0.1) is 13.8 Å². The largest absolute Gasteiger partial charge is 0.508 e. The third kappa shape index (κ3) is 1.52. The predicted molar refractivity (Wildman–Crippen MR) is 43.5 cm³/mol. The fourth-order valence-corrected chi connectivity index (χ4v) is 1.22. The van der Waals surface area contributed by atoms with Crippen molar-refractivity contribution in [3.8, 4) is 5.75 Å². The molecule has 0 amide bonds. The first-order valence-corrected chi connectivity index (χ1v) is 3.55. The van der Waals surface area contributed by atoms with Crippen molar-refractivity contribution in [1.82, 2.24) is 0 Å². The number of hydrogen-bond acceptors (Lipinski definition) is 2. The van der Waals surface area contributed by atoms with Crippen molar-refractivity contribution in [3.05, 3.63) is 28.8 Å². The Kier molecular flexibility index (Phi) is 2.15. The maximum Gasteiger partial charge on any atom is 0.116 e. The Hall–Kier alpha value is -1.02. The lowest BCUT2D eigenvalue weighted by Gasteiger charge is -2.06. The first-order chi connectivity index (χ1) is 5.15. The molecule has 2 N–H and O–H groups in total. The Morgan fingerprint density at radius 1 is 1.18 bits per heavy atom. The summed E-state index contributed by atoms with van der Waals surface area (Å²) < 4.78 is 0. The Balaban J connectivity index is 3.25. The average Bonchev–Trinajstić information content (AvgIpc) is 1.85. The quantitative estimate of drug-likeness (QED) is 0.640. The molecule has 2 nitrogen and oxygen atoms in total. The minimum absolute atomic E-state index is 0.0396. The summed E-state index contributed by atoms with van der Waals surface area (Å²) in [6.07, 6.45) is 0. The van der Waals surface area contributed by atoms with E-state index in [0.29, 0.717) is 0 Å². The fourth-order valence-electron chi connectivity index (χ4n) is 1.22. The third-order valence-corrected chi connectivity index (χ3v) is 1.84. The van der Waals surface area contributed by atoms with Crippen LogP contribution in [0.3, 0.4) is 0 Å². The molecule has 0 aromatic heterocycles. The maximum atomic E-state index is 9.13. The molecule has 2 heteroatoms. The van der Waals surface area contributed by atoms with Crippen molar-refractivity contribution >= 4 is 0 Å². The van der Waals surface area contributed by atoms with Crippen LogP contribution in [0.4, 0.5) is 0 Å². The van der Waals surface area contributed by atoms with E-state index in [9.17, 15) is 0 Å². The molecule has 0 aliphatic heterocycles. The van der Waals surface area contributed by atoms with E-state index in [0.717, 1.165) is 16.7 Å². The van der Waals surface area contributed by atoms with Gasteiger partial charge in [0.15, 0.2) is 0 Å². The van der Waals surface area contributed by atoms with Gasteiger partial charge in [0.2, 0.25) is 0 Å². The van der Waals surface area contributed by atoms with Crippen molar-refractivity contribution in [1.29, 1.82) is 0 Å². The summed E-state index contributed by atoms with van der Waals surface area (Å²) in [5.41, 5.74) is 2.78. The zero-order valence-corrected chi connectivity index (χ0v) is 6.76. The molecule has 0 unspecified atom stereocenters. The lowest BCUT2D eigenvalue weighted by molar-refractivity contribution is 0.280. The molecule has 0 bridgehead atoms. The summed E-state index contributed by atoms with van der Waals surface area (Å²) in [7, 11) is 0. The number of phenols is 1. The molecule has 0 saturated carbocycles. The molecular weight excluding hydrogens is 140 g/mol. The third-order valence-electron chi connectivity index (χ3n) is 1.84. The highest BCUT2D eigenvalue weighted by atomic mass is 16.3. The highest BCUT2D eigenvalue weighted by Crippen LogP contribution is 2.20. The van der Waals surface area contributed by atoms with Gasteiger partial charge in [0.05, 0.1) is 6.61 Å². The SMILES string of the molecule is Cc1cc(O)cc(C)c1CO. The van der Waals surface area contributed by atoms with Crippen LogP contribution in [-0.4, -0.2) is 10.2 Å². The average molecular weight is 152 g/mol. The molecule has 0 fully saturated rings. The Morgan fingerprint density at radius 2 is 1.64 bits per heavy atom. The van der Waals surface area contributed by atoms with Crippen molar-refractivity contribution in [2.45, 2.75) is 20.5 Å². The van der Waals surface area contributed by atoms with E-state index < -0.39 is 0 Å². The van der Waals surface area contributed by atoms with Gasteiger partial charge in [0.25, 0.3) is 0 Å². The molecule has 1 aromatic rings. The molecule has 0 spiro atoms. The zero-order valence-electron chi connectivity index (χ0n) is 6.76. The summed E-state index contributed by atoms with van der Waals surface area (Å²) in [5, 5.41) is 18.0. The van der Waals surface area contributed by atoms with Gasteiger partial charge in [-0.05, 0) is 42.7 Å². The van der Waals surface area contributed by atoms with E-state index in [-0.39, 0.29) is 12.4 Å². The molecule has 60 valence electrons. The van der Waals surface area contributed by atoms with E-state index in [2.05, 4.69) is 0 Å². The van der Waals surface area contributed by atoms with Crippen LogP contribution in [0.2, 0.25) is 0 Å². The highest BCUT2D eigenvalue weighted by molar-refractivity contribution is 5.39. The van der Waals surface area contributed by atoms with E-state index in [1.54, 1.807) is 12.1 Å². The molecule has 1 aromatic carbocycles. The molecule has 0 aliphatic rings. The number of phenolic OH excluding ortho intramolecular Hbond substituents is 1. The van der Waals surface area contributed by atoms with Gasteiger partial charge in [0, 0.05) is 0 Å². The van der Waals surface area contributed by atoms with E-state index in [1.807, 2.05) is 13.8 Å². The topological polar surface area (TPSA) is 40.5 Å². The van der Waals surface area contributed by atoms with Gasteiger partial charge in [-0.15, -0.1) is 0 Å². The van der Waals surface area contributed by atoms with Gasteiger partial charge < -0.3 is 10.2 Å². The minimum Gasteiger partial charge on any atom is -0.508 e. The number of aliphatic hydroxyl groups excluding tert-OH is 1. The molecule has 1 rings (SSSR count). The minimum atomic E-state index is 0.0396. The van der Waals surface area contributed by atoms with Crippen LogP contribution >= 0.6 is 0 Å². The maximum absolute atomic E-state index is 9.13. The Morgan fingerprint density at radius 3 is 2.00 bits per heavy atom. The van der Waals surface area contributed by atoms with Gasteiger partial charge in [-0.25, -0.2) is 0 Å². The number of aromatic hydroxyl groups is 1. The summed E-state index contributed by atoms with van der Waals surface area (Å²) in [6, 6.07) is 3.30. The number of hydrogen-bond donors (Lipinski definition) is 2. The number of aliphatic hydroxyl groups is 1. The van der Waals surface area contributed by atoms with Crippen molar-refractivity contribution < 1.29 is 10.2 Å². The summed E-state index contributed by atoms with van der Waals surface area (Å²) >= 11 is 0. The van der Waals surface area contributed by atoms with E-state index in [4.69, 9.17) is 10.2 Å². The van der Waals surface area contributed by atoms with Crippen molar-refractivity contribution in [3.63, 3.8) is 0 Å². The van der Waals surface area contributed by atoms with Gasteiger partial charge in [-0.1, -0.05) is 0 Å². The smallest absolute Gasteiger partial charge is 0.116 e. The second kappa shape index (κ2) is 2.93. The number of aryl methyl sites for hydroxylation is 2.